The van der Waals surface area contributed by atoms with Crippen LogP contribution in [0.3, 0.4) is 0 Å². The van der Waals surface area contributed by atoms with Crippen molar-refractivity contribution in [1.82, 2.24) is 4.98 Å². The quantitative estimate of drug-likeness (QED) is 0.666. The van der Waals surface area contributed by atoms with E-state index in [1.807, 2.05) is 18.2 Å². The Labute approximate surface area is 99.9 Å². The Morgan fingerprint density at radius 3 is 2.81 bits per heavy atom. The van der Waals surface area contributed by atoms with Gasteiger partial charge < -0.3 is 10.7 Å². The third-order valence-electron chi connectivity index (χ3n) is 2.30. The number of H-pyrrole nitrogens is 1. The van der Waals surface area contributed by atoms with Crippen molar-refractivity contribution in [2.75, 3.05) is 0 Å². The van der Waals surface area contributed by atoms with E-state index in [1.54, 1.807) is 6.20 Å². The number of hydrogen-bond donors (Lipinski definition) is 2. The van der Waals surface area contributed by atoms with E-state index in [9.17, 15) is 9.59 Å². The smallest absolute Gasteiger partial charge is 0.225 e. The van der Waals surface area contributed by atoms with E-state index in [0.717, 1.165) is 15.4 Å². The topological polar surface area (TPSA) is 76.0 Å². The molecule has 0 fully saturated rings. The molecule has 0 aliphatic heterocycles. The van der Waals surface area contributed by atoms with Crippen LogP contribution >= 0.6 is 15.9 Å². The van der Waals surface area contributed by atoms with Crippen molar-refractivity contribution >= 4 is 38.5 Å². The van der Waals surface area contributed by atoms with Crippen LogP contribution in [0.4, 0.5) is 0 Å². The summed E-state index contributed by atoms with van der Waals surface area (Å²) in [6, 6.07) is 5.54. The number of aromatic nitrogens is 1. The van der Waals surface area contributed by atoms with Gasteiger partial charge >= 0.3 is 0 Å². The fraction of sp³-hybridized carbons (Fsp3) is 0.0909. The number of halogens is 1. The van der Waals surface area contributed by atoms with E-state index in [1.165, 1.54) is 0 Å². The molecule has 0 aliphatic rings. The second-order valence-electron chi connectivity index (χ2n) is 3.43. The van der Waals surface area contributed by atoms with Gasteiger partial charge in [0, 0.05) is 21.6 Å². The van der Waals surface area contributed by atoms with Crippen molar-refractivity contribution < 1.29 is 9.59 Å². The molecule has 2 aromatic rings. The Bertz CT molecular complexity index is 574. The lowest BCUT2D eigenvalue weighted by molar-refractivity contribution is -0.117. The summed E-state index contributed by atoms with van der Waals surface area (Å²) in [5.74, 6) is -0.883. The maximum Gasteiger partial charge on any atom is 0.225 e. The van der Waals surface area contributed by atoms with Gasteiger partial charge in [-0.05, 0) is 22.0 Å². The number of aromatic amines is 1. The summed E-state index contributed by atoms with van der Waals surface area (Å²) >= 11 is 3.38. The minimum absolute atomic E-state index is 0.264. The number of primary amides is 1. The lowest BCUT2D eigenvalue weighted by Crippen LogP contribution is -2.15. The van der Waals surface area contributed by atoms with Crippen molar-refractivity contribution in [3.8, 4) is 0 Å². The number of nitrogens with one attached hydrogen (secondary N) is 1. The highest BCUT2D eigenvalue weighted by atomic mass is 79.9. The fourth-order valence-electron chi connectivity index (χ4n) is 1.60. The Balaban J connectivity index is 2.50. The standard InChI is InChI=1S/C11H9BrN2O2/c12-8-3-1-2-6-7(5-14-11(6)8)9(15)4-10(13)16/h1-3,5,14H,4H2,(H2,13,16). The minimum atomic E-state index is -0.616. The van der Waals surface area contributed by atoms with Crippen LogP contribution in [-0.2, 0) is 4.79 Å². The third kappa shape index (κ3) is 1.86. The molecule has 0 aliphatic carbocycles. The number of para-hydroxylation sites is 1. The Morgan fingerprint density at radius 1 is 1.38 bits per heavy atom. The number of Topliss-reactive ketones (excluding diaryl/α,β-unsaturated/α-hetero) is 1. The van der Waals surface area contributed by atoms with Gasteiger partial charge in [-0.25, -0.2) is 0 Å². The highest BCUT2D eigenvalue weighted by Crippen LogP contribution is 2.26. The summed E-state index contributed by atoms with van der Waals surface area (Å²) in [6.07, 6.45) is 1.33. The zero-order valence-electron chi connectivity index (χ0n) is 8.29. The lowest BCUT2D eigenvalue weighted by atomic mass is 10.1. The molecule has 2 rings (SSSR count). The molecule has 1 amide bonds. The highest BCUT2D eigenvalue weighted by molar-refractivity contribution is 9.10. The monoisotopic (exact) mass is 280 g/mol. The van der Waals surface area contributed by atoms with Crippen LogP contribution in [0.1, 0.15) is 16.8 Å². The molecule has 1 heterocycles. The second-order valence-corrected chi connectivity index (χ2v) is 4.29. The summed E-state index contributed by atoms with van der Waals surface area (Å²) < 4.78 is 0.878. The van der Waals surface area contributed by atoms with Gasteiger partial charge in [0.25, 0.3) is 0 Å². The van der Waals surface area contributed by atoms with Crippen LogP contribution in [-0.4, -0.2) is 16.7 Å². The number of benzene rings is 1. The van der Waals surface area contributed by atoms with Crippen LogP contribution in [0.15, 0.2) is 28.9 Å². The summed E-state index contributed by atoms with van der Waals surface area (Å²) in [6.45, 7) is 0. The predicted octanol–water partition coefficient (Wildman–Crippen LogP) is 1.99. The molecular weight excluding hydrogens is 272 g/mol. The molecule has 82 valence electrons. The first kappa shape index (κ1) is 10.9. The molecule has 1 aromatic heterocycles. The number of carbonyl (C=O) groups excluding carboxylic acids is 2. The van der Waals surface area contributed by atoms with Gasteiger partial charge in [-0.15, -0.1) is 0 Å². The minimum Gasteiger partial charge on any atom is -0.369 e. The van der Waals surface area contributed by atoms with Gasteiger partial charge in [0.05, 0.1) is 11.9 Å². The molecule has 0 radical (unpaired) electrons. The molecule has 0 unspecified atom stereocenters. The van der Waals surface area contributed by atoms with Crippen LogP contribution in [0.25, 0.3) is 10.9 Å². The van der Waals surface area contributed by atoms with Crippen molar-refractivity contribution in [1.29, 1.82) is 0 Å². The van der Waals surface area contributed by atoms with E-state index in [4.69, 9.17) is 5.73 Å². The van der Waals surface area contributed by atoms with Gasteiger partial charge in [0.1, 0.15) is 0 Å². The van der Waals surface area contributed by atoms with Gasteiger partial charge in [0.2, 0.25) is 5.91 Å². The van der Waals surface area contributed by atoms with Crippen LogP contribution in [0.2, 0.25) is 0 Å². The average molecular weight is 281 g/mol. The predicted molar refractivity (Wildman–Crippen MR) is 64.1 cm³/mol. The number of ketones is 1. The Kier molecular flexibility index (Phi) is 2.78. The molecular formula is C11H9BrN2O2. The molecule has 3 N–H and O–H groups in total. The summed E-state index contributed by atoms with van der Waals surface area (Å²) in [5.41, 5.74) is 6.33. The van der Waals surface area contributed by atoms with Gasteiger partial charge in [-0.3, -0.25) is 9.59 Å². The van der Waals surface area contributed by atoms with E-state index in [0.29, 0.717) is 5.56 Å². The molecule has 16 heavy (non-hydrogen) atoms. The number of hydrogen-bond acceptors (Lipinski definition) is 2. The normalized spacial score (nSPS) is 10.6. The van der Waals surface area contributed by atoms with Gasteiger partial charge in [-0.2, -0.15) is 0 Å². The number of fused-ring (bicyclic) bond motifs is 1. The number of rotatable bonds is 3. The number of nitrogens with two attached hydrogens (primary N) is 1. The van der Waals surface area contributed by atoms with Crippen molar-refractivity contribution in [3.05, 3.63) is 34.4 Å². The molecule has 5 heteroatoms. The third-order valence-corrected chi connectivity index (χ3v) is 2.96. The lowest BCUT2D eigenvalue weighted by Gasteiger charge is -1.97. The van der Waals surface area contributed by atoms with Crippen LogP contribution in [0, 0.1) is 0 Å². The van der Waals surface area contributed by atoms with Crippen molar-refractivity contribution in [3.63, 3.8) is 0 Å². The van der Waals surface area contributed by atoms with Crippen LogP contribution in [0.5, 0.6) is 0 Å². The first-order valence-corrected chi connectivity index (χ1v) is 5.46. The Morgan fingerprint density at radius 2 is 2.12 bits per heavy atom. The zero-order chi connectivity index (χ0) is 11.7. The fourth-order valence-corrected chi connectivity index (χ4v) is 2.08. The molecule has 4 nitrogen and oxygen atoms in total. The average Bonchev–Trinajstić information content (AvgIpc) is 2.61. The van der Waals surface area contributed by atoms with E-state index in [-0.39, 0.29) is 12.2 Å². The largest absolute Gasteiger partial charge is 0.369 e. The van der Waals surface area contributed by atoms with Crippen molar-refractivity contribution in [2.45, 2.75) is 6.42 Å². The van der Waals surface area contributed by atoms with Crippen molar-refractivity contribution in [2.24, 2.45) is 5.73 Å². The van der Waals surface area contributed by atoms with E-state index >= 15 is 0 Å². The van der Waals surface area contributed by atoms with Gasteiger partial charge in [0.15, 0.2) is 5.78 Å². The molecule has 0 saturated carbocycles. The summed E-state index contributed by atoms with van der Waals surface area (Å²) in [4.78, 5) is 25.4. The van der Waals surface area contributed by atoms with Crippen LogP contribution < -0.4 is 5.73 Å². The molecule has 0 bridgehead atoms. The SMILES string of the molecule is NC(=O)CC(=O)c1c[nH]c2c(Br)cccc12. The molecule has 0 spiro atoms. The first-order valence-electron chi connectivity index (χ1n) is 4.66. The highest BCUT2D eigenvalue weighted by Gasteiger charge is 2.14. The second kappa shape index (κ2) is 4.09. The van der Waals surface area contributed by atoms with E-state index in [2.05, 4.69) is 20.9 Å². The zero-order valence-corrected chi connectivity index (χ0v) is 9.87. The number of carbonyl (C=O) groups is 2. The maximum absolute atomic E-state index is 11.7. The Hall–Kier alpha value is -1.62. The summed E-state index contributed by atoms with van der Waals surface area (Å²) in [5, 5.41) is 0.792. The maximum atomic E-state index is 11.7. The molecule has 1 aromatic carbocycles. The molecule has 0 saturated heterocycles. The van der Waals surface area contributed by atoms with E-state index < -0.39 is 5.91 Å². The summed E-state index contributed by atoms with van der Waals surface area (Å²) in [7, 11) is 0. The number of amides is 1. The van der Waals surface area contributed by atoms with Gasteiger partial charge in [-0.1, -0.05) is 12.1 Å². The first-order chi connectivity index (χ1) is 7.59. The molecule has 0 atom stereocenters.